The van der Waals surface area contributed by atoms with Crippen molar-refractivity contribution in [3.63, 3.8) is 0 Å². The fourth-order valence-corrected chi connectivity index (χ4v) is 7.08. The lowest BCUT2D eigenvalue weighted by atomic mass is 9.89. The number of aliphatic imine (C=N–C) groups is 1. The molecular formula is C42H32N4O. The van der Waals surface area contributed by atoms with Crippen LogP contribution in [0, 0.1) is 5.92 Å². The Hall–Kier alpha value is -5.94. The van der Waals surface area contributed by atoms with E-state index in [1.54, 1.807) is 0 Å². The zero-order valence-electron chi connectivity index (χ0n) is 25.7. The summed E-state index contributed by atoms with van der Waals surface area (Å²) in [5, 5.41) is 15.1. The van der Waals surface area contributed by atoms with Gasteiger partial charge in [0.1, 0.15) is 5.84 Å². The van der Waals surface area contributed by atoms with Gasteiger partial charge in [-0.2, -0.15) is 0 Å². The van der Waals surface area contributed by atoms with Gasteiger partial charge < -0.3 is 10.1 Å². The molecule has 0 bridgehead atoms. The van der Waals surface area contributed by atoms with Crippen LogP contribution in [0.2, 0.25) is 0 Å². The SMILES string of the molecule is C1=CCC(C2C=C(c3ccc(-c4ccc5c6ccc(C7NN=CO7)cc6c6ccccc6c5c4)cc3)N=C(c3ccccc3)N2)C=C1. The summed E-state index contributed by atoms with van der Waals surface area (Å²) in [5.74, 6) is 1.29. The lowest BCUT2D eigenvalue weighted by molar-refractivity contribution is 0.199. The van der Waals surface area contributed by atoms with Gasteiger partial charge in [-0.05, 0) is 73.6 Å². The lowest BCUT2D eigenvalue weighted by Gasteiger charge is -2.29. The van der Waals surface area contributed by atoms with Crippen LogP contribution in [0.4, 0.5) is 0 Å². The van der Waals surface area contributed by atoms with E-state index >= 15 is 0 Å². The van der Waals surface area contributed by atoms with Crippen molar-refractivity contribution in [2.24, 2.45) is 16.0 Å². The molecule has 9 rings (SSSR count). The molecule has 1 aliphatic carbocycles. The van der Waals surface area contributed by atoms with Gasteiger partial charge in [0.25, 0.3) is 0 Å². The number of nitrogens with one attached hydrogen (secondary N) is 2. The highest BCUT2D eigenvalue weighted by Crippen LogP contribution is 2.39. The second-order valence-electron chi connectivity index (χ2n) is 12.3. The minimum Gasteiger partial charge on any atom is -0.453 e. The number of hydrogen-bond acceptors (Lipinski definition) is 5. The van der Waals surface area contributed by atoms with Crippen LogP contribution in [0.3, 0.4) is 0 Å². The van der Waals surface area contributed by atoms with Crippen molar-refractivity contribution in [3.05, 3.63) is 162 Å². The van der Waals surface area contributed by atoms with Gasteiger partial charge in [-0.15, -0.1) is 5.10 Å². The highest BCUT2D eigenvalue weighted by molar-refractivity contribution is 6.25. The zero-order valence-corrected chi connectivity index (χ0v) is 25.7. The largest absolute Gasteiger partial charge is 0.453 e. The first-order valence-corrected chi connectivity index (χ1v) is 16.2. The van der Waals surface area contributed by atoms with E-state index in [0.717, 1.165) is 34.6 Å². The number of benzene rings is 6. The lowest BCUT2D eigenvalue weighted by Crippen LogP contribution is -2.41. The fraction of sp³-hybridized carbons (Fsp3) is 0.0952. The summed E-state index contributed by atoms with van der Waals surface area (Å²) >= 11 is 0. The fourth-order valence-electron chi connectivity index (χ4n) is 7.08. The van der Waals surface area contributed by atoms with Crippen molar-refractivity contribution >= 4 is 50.3 Å². The maximum absolute atomic E-state index is 5.64. The second kappa shape index (κ2) is 11.5. The number of nitrogens with zero attached hydrogens (tertiary/aromatic N) is 2. The smallest absolute Gasteiger partial charge is 0.212 e. The van der Waals surface area contributed by atoms with Crippen molar-refractivity contribution in [2.45, 2.75) is 18.7 Å². The monoisotopic (exact) mass is 608 g/mol. The van der Waals surface area contributed by atoms with E-state index in [2.05, 4.69) is 155 Å². The summed E-state index contributed by atoms with van der Waals surface area (Å²) < 4.78 is 5.64. The van der Waals surface area contributed by atoms with Gasteiger partial charge >= 0.3 is 0 Å². The van der Waals surface area contributed by atoms with Crippen LogP contribution in [0.1, 0.15) is 29.3 Å². The molecule has 226 valence electrons. The van der Waals surface area contributed by atoms with Crippen LogP contribution in [0.15, 0.2) is 156 Å². The topological polar surface area (TPSA) is 58.0 Å². The van der Waals surface area contributed by atoms with Gasteiger partial charge in [0.15, 0.2) is 6.40 Å². The summed E-state index contributed by atoms with van der Waals surface area (Å²) in [5.41, 5.74) is 9.67. The summed E-state index contributed by atoms with van der Waals surface area (Å²) in [6.07, 6.45) is 13.3. The maximum Gasteiger partial charge on any atom is 0.212 e. The molecule has 47 heavy (non-hydrogen) atoms. The predicted octanol–water partition coefficient (Wildman–Crippen LogP) is 9.27. The van der Waals surface area contributed by atoms with Crippen molar-refractivity contribution in [3.8, 4) is 11.1 Å². The number of hydrazone groups is 1. The standard InChI is InChI=1S/C42H32N4O/c1-3-9-28(10-4-1)39-25-40(45-41(44-39)30-11-5-2-6-12-30)29-17-15-27(16-18-29)31-19-21-35-36-22-20-32(42-46-43-26-47-42)24-38(36)34-14-8-7-13-33(34)37(35)23-31/h1-9,11-26,28,39,42,46H,10H2,(H,44,45). The summed E-state index contributed by atoms with van der Waals surface area (Å²) in [6.45, 7) is 0. The Bertz CT molecular complexity index is 2290. The first-order valence-electron chi connectivity index (χ1n) is 16.2. The van der Waals surface area contributed by atoms with Crippen LogP contribution in [0.25, 0.3) is 49.1 Å². The molecule has 0 saturated carbocycles. The van der Waals surface area contributed by atoms with Crippen molar-refractivity contribution in [1.29, 1.82) is 0 Å². The van der Waals surface area contributed by atoms with Gasteiger partial charge in [0, 0.05) is 17.0 Å². The summed E-state index contributed by atoms with van der Waals surface area (Å²) in [7, 11) is 0. The molecule has 3 atom stereocenters. The Balaban J connectivity index is 1.09. The molecule has 0 aromatic heterocycles. The number of hydrogen-bond donors (Lipinski definition) is 2. The van der Waals surface area contributed by atoms with Crippen LogP contribution in [-0.2, 0) is 4.74 Å². The number of fused-ring (bicyclic) bond motifs is 6. The molecule has 0 saturated heterocycles. The Morgan fingerprint density at radius 2 is 1.32 bits per heavy atom. The van der Waals surface area contributed by atoms with Crippen molar-refractivity contribution in [1.82, 2.24) is 10.7 Å². The number of allylic oxidation sites excluding steroid dienone is 3. The molecule has 0 radical (unpaired) electrons. The molecule has 2 heterocycles. The van der Waals surface area contributed by atoms with Crippen LogP contribution >= 0.6 is 0 Å². The highest BCUT2D eigenvalue weighted by atomic mass is 16.5. The third-order valence-corrected chi connectivity index (χ3v) is 9.51. The molecule has 0 spiro atoms. The third kappa shape index (κ3) is 4.97. The number of rotatable bonds is 5. The van der Waals surface area contributed by atoms with Gasteiger partial charge in [-0.1, -0.05) is 127 Å². The Labute approximate surface area is 273 Å². The molecule has 0 amide bonds. The van der Waals surface area contributed by atoms with Crippen LogP contribution in [-0.4, -0.2) is 18.3 Å². The molecule has 3 unspecified atom stereocenters. The molecule has 5 heteroatoms. The van der Waals surface area contributed by atoms with Gasteiger partial charge in [0.05, 0.1) is 11.7 Å². The molecule has 0 fully saturated rings. The Morgan fingerprint density at radius 1 is 0.617 bits per heavy atom. The zero-order chi connectivity index (χ0) is 31.2. The average molecular weight is 609 g/mol. The first-order chi connectivity index (χ1) is 23.3. The number of ether oxygens (including phenoxy) is 1. The normalized spacial score (nSPS) is 20.1. The van der Waals surface area contributed by atoms with E-state index in [1.807, 2.05) is 6.07 Å². The second-order valence-corrected chi connectivity index (χ2v) is 12.3. The number of amidine groups is 1. The van der Waals surface area contributed by atoms with Crippen molar-refractivity contribution < 1.29 is 4.74 Å². The first kappa shape index (κ1) is 27.4. The maximum atomic E-state index is 5.64. The molecule has 3 aliphatic rings. The van der Waals surface area contributed by atoms with Crippen molar-refractivity contribution in [2.75, 3.05) is 0 Å². The van der Waals surface area contributed by atoms with E-state index in [-0.39, 0.29) is 12.3 Å². The van der Waals surface area contributed by atoms with Gasteiger partial charge in [-0.25, -0.2) is 4.99 Å². The molecule has 6 aromatic rings. The van der Waals surface area contributed by atoms with E-state index < -0.39 is 0 Å². The van der Waals surface area contributed by atoms with Gasteiger partial charge in [0.2, 0.25) is 6.23 Å². The molecule has 6 aromatic carbocycles. The molecule has 2 N–H and O–H groups in total. The van der Waals surface area contributed by atoms with Gasteiger partial charge in [-0.3, -0.25) is 5.43 Å². The summed E-state index contributed by atoms with van der Waals surface area (Å²) in [6, 6.07) is 41.5. The molecular weight excluding hydrogens is 576 g/mol. The van der Waals surface area contributed by atoms with Crippen LogP contribution < -0.4 is 10.7 Å². The predicted molar refractivity (Wildman–Crippen MR) is 194 cm³/mol. The Kier molecular flexibility index (Phi) is 6.67. The minimum atomic E-state index is -0.261. The van der Waals surface area contributed by atoms with Crippen LogP contribution in [0.5, 0.6) is 0 Å². The van der Waals surface area contributed by atoms with E-state index in [1.165, 1.54) is 49.8 Å². The molecule has 2 aliphatic heterocycles. The van der Waals surface area contributed by atoms with E-state index in [9.17, 15) is 0 Å². The highest BCUT2D eigenvalue weighted by Gasteiger charge is 2.24. The minimum absolute atomic E-state index is 0.161. The molecule has 5 nitrogen and oxygen atoms in total. The van der Waals surface area contributed by atoms with E-state index in [4.69, 9.17) is 9.73 Å². The summed E-state index contributed by atoms with van der Waals surface area (Å²) in [4.78, 5) is 5.11. The van der Waals surface area contributed by atoms with E-state index in [0.29, 0.717) is 5.92 Å². The average Bonchev–Trinajstić information content (AvgIpc) is 3.71. The third-order valence-electron chi connectivity index (χ3n) is 9.51. The Morgan fingerprint density at radius 3 is 2.06 bits per heavy atom. The quantitative estimate of drug-likeness (QED) is 0.192.